The molecule has 0 N–H and O–H groups in total. The Kier molecular flexibility index (Phi) is 4.08. The molecule has 0 saturated heterocycles. The number of amidine groups is 1. The first-order valence-corrected chi connectivity index (χ1v) is 7.98. The fourth-order valence-electron chi connectivity index (χ4n) is 1.06. The summed E-state index contributed by atoms with van der Waals surface area (Å²) in [7, 11) is -8.86. The Labute approximate surface area is 103 Å². The molecule has 0 radical (unpaired) electrons. The molecule has 0 spiro atoms. The second-order valence-corrected chi connectivity index (χ2v) is 7.03. The number of rotatable bonds is 4. The number of nitrogens with zero attached hydrogens (tertiary/aromatic N) is 2. The second-order valence-electron chi connectivity index (χ2n) is 3.40. The summed E-state index contributed by atoms with van der Waals surface area (Å²) in [6, 6.07) is 0. The Hall–Kier alpha value is -1.07. The molecule has 0 atom stereocenters. The standard InChI is InChI=1S/C7H11F2N2O5S2/c1-2-5-18(14,15)16-10-7-4-3-6-17(12,13)11(7,8)9/h3-4H,2,5-6H2,1H3/q+1. The summed E-state index contributed by atoms with van der Waals surface area (Å²) in [4.78, 5) is 0. The van der Waals surface area contributed by atoms with Gasteiger partial charge in [0.05, 0.1) is 14.7 Å². The van der Waals surface area contributed by atoms with Gasteiger partial charge in [-0.1, -0.05) is 13.0 Å². The van der Waals surface area contributed by atoms with Crippen molar-refractivity contribution in [3.05, 3.63) is 12.2 Å². The van der Waals surface area contributed by atoms with E-state index in [-0.39, 0.29) is 6.42 Å². The molecule has 0 aromatic rings. The molecule has 0 aliphatic carbocycles. The van der Waals surface area contributed by atoms with Crippen LogP contribution in [0.25, 0.3) is 0 Å². The van der Waals surface area contributed by atoms with Gasteiger partial charge in [-0.05, 0) is 6.42 Å². The minimum Gasteiger partial charge on any atom is -0.262 e. The molecule has 7 nitrogen and oxygen atoms in total. The highest BCUT2D eigenvalue weighted by molar-refractivity contribution is 7.86. The predicted molar refractivity (Wildman–Crippen MR) is 58.0 cm³/mol. The van der Waals surface area contributed by atoms with E-state index in [4.69, 9.17) is 0 Å². The van der Waals surface area contributed by atoms with Gasteiger partial charge in [-0.3, -0.25) is 4.28 Å². The first kappa shape index (κ1) is 15.0. The van der Waals surface area contributed by atoms with Crippen molar-refractivity contribution in [1.29, 1.82) is 0 Å². The molecule has 104 valence electrons. The van der Waals surface area contributed by atoms with Crippen LogP contribution < -0.4 is 0 Å². The Morgan fingerprint density at radius 1 is 1.50 bits per heavy atom. The number of oxime groups is 1. The summed E-state index contributed by atoms with van der Waals surface area (Å²) < 4.78 is 71.3. The zero-order chi connectivity index (χ0) is 14.0. The molecule has 11 heteroatoms. The van der Waals surface area contributed by atoms with Gasteiger partial charge in [0.15, 0.2) is 0 Å². The molecule has 1 rings (SSSR count). The largest absolute Gasteiger partial charge is 0.379 e. The van der Waals surface area contributed by atoms with Crippen molar-refractivity contribution >= 4 is 26.0 Å². The van der Waals surface area contributed by atoms with Crippen LogP contribution in [0, 0.1) is 0 Å². The number of hydrogen-bond acceptors (Lipinski definition) is 6. The normalized spacial score (nSPS) is 24.1. The van der Waals surface area contributed by atoms with Crippen LogP contribution in [0.4, 0.5) is 8.96 Å². The summed E-state index contributed by atoms with van der Waals surface area (Å²) >= 11 is 0. The monoisotopic (exact) mass is 305 g/mol. The van der Waals surface area contributed by atoms with E-state index in [1.165, 1.54) is 0 Å². The van der Waals surface area contributed by atoms with Crippen LogP contribution in [-0.2, 0) is 24.4 Å². The van der Waals surface area contributed by atoms with E-state index in [2.05, 4.69) is 9.44 Å². The molecule has 0 unspecified atom stereocenters. The van der Waals surface area contributed by atoms with Gasteiger partial charge < -0.3 is 0 Å². The average molecular weight is 305 g/mol. The van der Waals surface area contributed by atoms with Crippen molar-refractivity contribution in [2.75, 3.05) is 11.5 Å². The minimum absolute atomic E-state index is 0.215. The van der Waals surface area contributed by atoms with Gasteiger partial charge in [-0.25, -0.2) is 0 Å². The molecule has 0 bridgehead atoms. The summed E-state index contributed by atoms with van der Waals surface area (Å²) in [5.41, 5.74) is 0. The Balaban J connectivity index is 3.04. The van der Waals surface area contributed by atoms with Crippen LogP contribution in [0.15, 0.2) is 17.3 Å². The molecule has 18 heavy (non-hydrogen) atoms. The Morgan fingerprint density at radius 3 is 2.67 bits per heavy atom. The van der Waals surface area contributed by atoms with E-state index < -0.39 is 41.8 Å². The van der Waals surface area contributed by atoms with E-state index >= 15 is 0 Å². The highest BCUT2D eigenvalue weighted by Crippen LogP contribution is 2.25. The van der Waals surface area contributed by atoms with Gasteiger partial charge in [-0.2, -0.15) is 16.8 Å². The molecule has 1 heterocycles. The zero-order valence-electron chi connectivity index (χ0n) is 9.28. The maximum Gasteiger partial charge on any atom is 0.379 e. The van der Waals surface area contributed by atoms with Crippen LogP contribution in [-0.4, -0.2) is 38.5 Å². The van der Waals surface area contributed by atoms with Crippen molar-refractivity contribution in [2.45, 2.75) is 13.3 Å². The first-order valence-electron chi connectivity index (χ1n) is 4.80. The Morgan fingerprint density at radius 2 is 2.11 bits per heavy atom. The van der Waals surface area contributed by atoms with Gasteiger partial charge in [-0.15, -0.1) is 0 Å². The fourth-order valence-corrected chi connectivity index (χ4v) is 2.73. The quantitative estimate of drug-likeness (QED) is 0.558. The summed E-state index contributed by atoms with van der Waals surface area (Å²) in [6.07, 6.45) is 1.84. The van der Waals surface area contributed by atoms with Gasteiger partial charge in [0.1, 0.15) is 5.75 Å². The van der Waals surface area contributed by atoms with Gasteiger partial charge in [0.2, 0.25) is 4.33 Å². The van der Waals surface area contributed by atoms with Crippen LogP contribution in [0.3, 0.4) is 0 Å². The summed E-state index contributed by atoms with van der Waals surface area (Å²) in [5.74, 6) is -2.57. The van der Waals surface area contributed by atoms with Crippen molar-refractivity contribution < 1.29 is 34.4 Å². The van der Waals surface area contributed by atoms with E-state index in [0.29, 0.717) is 6.08 Å². The van der Waals surface area contributed by atoms with Gasteiger partial charge in [0, 0.05) is 11.2 Å². The third kappa shape index (κ3) is 3.03. The summed E-state index contributed by atoms with van der Waals surface area (Å²) in [6.45, 7) is 1.55. The first-order chi connectivity index (χ1) is 8.12. The topological polar surface area (TPSA) is 89.9 Å². The van der Waals surface area contributed by atoms with E-state index in [9.17, 15) is 25.8 Å². The molecule has 1 aliphatic heterocycles. The minimum atomic E-state index is -4.78. The Bertz CT molecular complexity index is 579. The lowest BCUT2D eigenvalue weighted by Crippen LogP contribution is -2.45. The molecule has 0 aromatic heterocycles. The second kappa shape index (κ2) is 4.90. The van der Waals surface area contributed by atoms with Crippen LogP contribution in [0.1, 0.15) is 13.3 Å². The van der Waals surface area contributed by atoms with Crippen LogP contribution in [0.5, 0.6) is 0 Å². The molecular formula is C7H11F2N2O5S2+. The SMILES string of the molecule is CCCS(=O)(=O)ON=C1C=CCS(=O)(=O)[N+]1(F)F. The lowest BCUT2D eigenvalue weighted by Gasteiger charge is -2.13. The molecule has 0 aromatic carbocycles. The van der Waals surface area contributed by atoms with Gasteiger partial charge in [0.25, 0.3) is 0 Å². The van der Waals surface area contributed by atoms with Crippen molar-refractivity contribution in [1.82, 2.24) is 0 Å². The van der Waals surface area contributed by atoms with Crippen molar-refractivity contribution in [3.8, 4) is 0 Å². The molecular weight excluding hydrogens is 294 g/mol. The lowest BCUT2D eigenvalue weighted by molar-refractivity contribution is -0.999. The maximum absolute atomic E-state index is 13.3. The number of halogens is 2. The van der Waals surface area contributed by atoms with Gasteiger partial charge >= 0.3 is 26.0 Å². The van der Waals surface area contributed by atoms with E-state index in [1.807, 2.05) is 0 Å². The van der Waals surface area contributed by atoms with E-state index in [0.717, 1.165) is 6.08 Å². The zero-order valence-corrected chi connectivity index (χ0v) is 10.9. The fraction of sp³-hybridized carbons (Fsp3) is 0.571. The number of sulfonamides is 1. The highest BCUT2D eigenvalue weighted by atomic mass is 32.2. The molecule has 1 aliphatic rings. The lowest BCUT2D eigenvalue weighted by atomic mass is 10.5. The number of quaternary nitrogens is 1. The molecule has 0 saturated carbocycles. The van der Waals surface area contributed by atoms with Crippen molar-refractivity contribution in [3.63, 3.8) is 0 Å². The molecule has 0 amide bonds. The van der Waals surface area contributed by atoms with Crippen LogP contribution >= 0.6 is 0 Å². The average Bonchev–Trinajstić information content (AvgIpc) is 2.20. The predicted octanol–water partition coefficient (Wildman–Crippen LogP) is 0.542. The highest BCUT2D eigenvalue weighted by Gasteiger charge is 2.54. The third-order valence-electron chi connectivity index (χ3n) is 1.89. The maximum atomic E-state index is 13.3. The smallest absolute Gasteiger partial charge is 0.262 e. The summed E-state index contributed by atoms with van der Waals surface area (Å²) in [5, 5.41) is 2.71. The third-order valence-corrected chi connectivity index (χ3v) is 4.60. The van der Waals surface area contributed by atoms with Crippen molar-refractivity contribution in [2.24, 2.45) is 5.16 Å². The molecule has 0 fully saturated rings. The van der Waals surface area contributed by atoms with Crippen LogP contribution in [0.2, 0.25) is 0 Å². The van der Waals surface area contributed by atoms with E-state index in [1.54, 1.807) is 6.92 Å². The number of hydrogen-bond donors (Lipinski definition) is 0.